The molecule has 4 nitrogen and oxygen atoms in total. The summed E-state index contributed by atoms with van der Waals surface area (Å²) in [6, 6.07) is 37.7. The van der Waals surface area contributed by atoms with E-state index < -0.39 is 0 Å². The first-order valence-corrected chi connectivity index (χ1v) is 14.5. The number of hydrogen-bond acceptors (Lipinski definition) is 3. The van der Waals surface area contributed by atoms with Crippen molar-refractivity contribution in [3.05, 3.63) is 120 Å². The van der Waals surface area contributed by atoms with Crippen LogP contribution in [0.2, 0.25) is 0 Å². The molecule has 0 atom stereocenters. The number of rotatable bonds is 5. The number of para-hydroxylation sites is 4. The third-order valence-electron chi connectivity index (χ3n) is 8.23. The van der Waals surface area contributed by atoms with Crippen LogP contribution >= 0.6 is 0 Å². The van der Waals surface area contributed by atoms with Crippen LogP contribution in [0.4, 0.5) is 0 Å². The first-order valence-electron chi connectivity index (χ1n) is 14.5. The molecule has 2 heterocycles. The largest absolute Gasteiger partial charge is 0.454 e. The summed E-state index contributed by atoms with van der Waals surface area (Å²) in [7, 11) is 0. The summed E-state index contributed by atoms with van der Waals surface area (Å²) in [5, 5.41) is 12.2. The standard InChI is InChI=1S/C38H31N3O/c1-23(2)26-14-10-15-27(24(3)4)35(26)41-34-19-9-8-18-33(34)40-38(41)31-17-11-16-29-30-21-20-28(25-12-6-5-7-13-25)32(22-39)37(30)42-36(29)31/h5-21,23-24H,1-4H3. The summed E-state index contributed by atoms with van der Waals surface area (Å²) in [4.78, 5) is 5.23. The van der Waals surface area contributed by atoms with E-state index in [0.29, 0.717) is 23.0 Å². The van der Waals surface area contributed by atoms with Crippen molar-refractivity contribution in [1.29, 1.82) is 5.26 Å². The van der Waals surface area contributed by atoms with Crippen molar-refractivity contribution in [1.82, 2.24) is 9.55 Å². The molecule has 7 aromatic rings. The SMILES string of the molecule is CC(C)c1cccc(C(C)C)c1-n1c(-c2cccc3c2oc2c(C#N)c(-c4ccccc4)ccc23)nc2ccccc21. The van der Waals surface area contributed by atoms with Gasteiger partial charge in [-0.05, 0) is 52.8 Å². The summed E-state index contributed by atoms with van der Waals surface area (Å²) < 4.78 is 9.01. The number of benzene rings is 5. The van der Waals surface area contributed by atoms with Gasteiger partial charge in [-0.1, -0.05) is 107 Å². The molecule has 0 saturated heterocycles. The summed E-state index contributed by atoms with van der Waals surface area (Å²) in [5.41, 5.74) is 10.4. The minimum atomic E-state index is 0.323. The zero-order chi connectivity index (χ0) is 29.0. The fraction of sp³-hybridized carbons (Fsp3) is 0.158. The number of furan rings is 1. The Morgan fingerprint density at radius 3 is 2.05 bits per heavy atom. The van der Waals surface area contributed by atoms with Crippen LogP contribution in [-0.2, 0) is 0 Å². The van der Waals surface area contributed by atoms with Gasteiger partial charge in [-0.25, -0.2) is 4.98 Å². The van der Waals surface area contributed by atoms with E-state index in [1.54, 1.807) is 0 Å². The van der Waals surface area contributed by atoms with Gasteiger partial charge in [-0.2, -0.15) is 5.26 Å². The maximum atomic E-state index is 10.3. The second-order valence-corrected chi connectivity index (χ2v) is 11.5. The molecule has 0 spiro atoms. The lowest BCUT2D eigenvalue weighted by Crippen LogP contribution is -2.08. The van der Waals surface area contributed by atoms with E-state index >= 15 is 0 Å². The van der Waals surface area contributed by atoms with Crippen LogP contribution in [0.3, 0.4) is 0 Å². The second-order valence-electron chi connectivity index (χ2n) is 11.5. The maximum absolute atomic E-state index is 10.3. The molecule has 0 N–H and O–H groups in total. The van der Waals surface area contributed by atoms with Gasteiger partial charge >= 0.3 is 0 Å². The molecule has 0 fully saturated rings. The van der Waals surface area contributed by atoms with Crippen molar-refractivity contribution < 1.29 is 4.42 Å². The van der Waals surface area contributed by atoms with E-state index in [9.17, 15) is 5.26 Å². The van der Waals surface area contributed by atoms with Gasteiger partial charge in [0.25, 0.3) is 0 Å². The van der Waals surface area contributed by atoms with E-state index in [1.807, 2.05) is 42.5 Å². The molecule has 0 bridgehead atoms. The van der Waals surface area contributed by atoms with E-state index in [1.165, 1.54) is 16.8 Å². The quantitative estimate of drug-likeness (QED) is 0.216. The molecule has 0 aliphatic rings. The van der Waals surface area contributed by atoms with Crippen molar-refractivity contribution in [2.45, 2.75) is 39.5 Å². The zero-order valence-electron chi connectivity index (χ0n) is 24.2. The molecule has 204 valence electrons. The average molecular weight is 546 g/mol. The van der Waals surface area contributed by atoms with Crippen LogP contribution in [-0.4, -0.2) is 9.55 Å². The van der Waals surface area contributed by atoms with E-state index in [0.717, 1.165) is 49.9 Å². The highest BCUT2D eigenvalue weighted by molar-refractivity contribution is 6.12. The van der Waals surface area contributed by atoms with Gasteiger partial charge in [-0.15, -0.1) is 0 Å². The van der Waals surface area contributed by atoms with Crippen LogP contribution in [0.1, 0.15) is 56.2 Å². The molecular weight excluding hydrogens is 514 g/mol. The van der Waals surface area contributed by atoms with Crippen LogP contribution in [0, 0.1) is 11.3 Å². The molecular formula is C38H31N3O. The van der Waals surface area contributed by atoms with Gasteiger partial charge in [0.05, 0.1) is 22.3 Å². The zero-order valence-corrected chi connectivity index (χ0v) is 24.2. The van der Waals surface area contributed by atoms with Crippen LogP contribution < -0.4 is 0 Å². The summed E-state index contributed by atoms with van der Waals surface area (Å²) >= 11 is 0. The molecule has 0 aliphatic carbocycles. The Bertz CT molecular complexity index is 2130. The average Bonchev–Trinajstić information content (AvgIpc) is 3.59. The van der Waals surface area contributed by atoms with E-state index in [-0.39, 0.29) is 0 Å². The Labute approximate surface area is 245 Å². The number of nitrogens with zero attached hydrogens (tertiary/aromatic N) is 3. The lowest BCUT2D eigenvalue weighted by atomic mass is 9.92. The molecule has 4 heteroatoms. The fourth-order valence-electron chi connectivity index (χ4n) is 6.21. The molecule has 42 heavy (non-hydrogen) atoms. The monoisotopic (exact) mass is 545 g/mol. The first-order chi connectivity index (χ1) is 20.5. The van der Waals surface area contributed by atoms with Gasteiger partial charge in [0, 0.05) is 16.3 Å². The van der Waals surface area contributed by atoms with Crippen molar-refractivity contribution in [3.8, 4) is 34.3 Å². The highest BCUT2D eigenvalue weighted by atomic mass is 16.3. The Kier molecular flexibility index (Phi) is 6.17. The van der Waals surface area contributed by atoms with Gasteiger partial charge in [0.15, 0.2) is 5.58 Å². The minimum Gasteiger partial charge on any atom is -0.454 e. The van der Waals surface area contributed by atoms with Gasteiger partial charge in [0.2, 0.25) is 0 Å². The van der Waals surface area contributed by atoms with E-state index in [2.05, 4.69) is 99.0 Å². The normalized spacial score (nSPS) is 11.7. The smallest absolute Gasteiger partial charge is 0.153 e. The molecule has 2 aromatic heterocycles. The molecule has 7 rings (SSSR count). The van der Waals surface area contributed by atoms with Gasteiger partial charge in [0.1, 0.15) is 23.0 Å². The molecule has 0 amide bonds. The predicted molar refractivity (Wildman–Crippen MR) is 172 cm³/mol. The lowest BCUT2D eigenvalue weighted by molar-refractivity contribution is 0.668. The Hall–Kier alpha value is -5.14. The number of nitriles is 1. The summed E-state index contributed by atoms with van der Waals surface area (Å²) in [5.74, 6) is 1.48. The van der Waals surface area contributed by atoms with Gasteiger partial charge < -0.3 is 4.42 Å². The first kappa shape index (κ1) is 25.8. The number of aromatic nitrogens is 2. The highest BCUT2D eigenvalue weighted by Crippen LogP contribution is 2.42. The van der Waals surface area contributed by atoms with Crippen LogP contribution in [0.5, 0.6) is 0 Å². The fourth-order valence-corrected chi connectivity index (χ4v) is 6.21. The Balaban J connectivity index is 1.57. The van der Waals surface area contributed by atoms with Gasteiger partial charge in [-0.3, -0.25) is 4.57 Å². The molecule has 0 radical (unpaired) electrons. The Morgan fingerprint density at radius 2 is 1.33 bits per heavy atom. The lowest BCUT2D eigenvalue weighted by Gasteiger charge is -2.22. The third-order valence-corrected chi connectivity index (χ3v) is 8.23. The molecule has 5 aromatic carbocycles. The number of imidazole rings is 1. The van der Waals surface area contributed by atoms with Crippen LogP contribution in [0.25, 0.3) is 61.2 Å². The molecule has 0 saturated carbocycles. The summed E-state index contributed by atoms with van der Waals surface area (Å²) in [6.07, 6.45) is 0. The van der Waals surface area contributed by atoms with Crippen molar-refractivity contribution in [2.24, 2.45) is 0 Å². The summed E-state index contributed by atoms with van der Waals surface area (Å²) in [6.45, 7) is 8.98. The number of hydrogen-bond donors (Lipinski definition) is 0. The predicted octanol–water partition coefficient (Wildman–Crippen LogP) is 10.4. The highest BCUT2D eigenvalue weighted by Gasteiger charge is 2.25. The van der Waals surface area contributed by atoms with Crippen molar-refractivity contribution >= 4 is 33.0 Å². The Morgan fingerprint density at radius 1 is 0.667 bits per heavy atom. The topological polar surface area (TPSA) is 54.8 Å². The van der Waals surface area contributed by atoms with E-state index in [4.69, 9.17) is 9.40 Å². The molecule has 0 unspecified atom stereocenters. The van der Waals surface area contributed by atoms with Crippen LogP contribution in [0.15, 0.2) is 108 Å². The second kappa shape index (κ2) is 10.0. The number of fused-ring (bicyclic) bond motifs is 4. The van der Waals surface area contributed by atoms with Crippen molar-refractivity contribution in [3.63, 3.8) is 0 Å². The third kappa shape index (κ3) is 3.93. The van der Waals surface area contributed by atoms with Crippen molar-refractivity contribution in [2.75, 3.05) is 0 Å². The molecule has 0 aliphatic heterocycles. The minimum absolute atomic E-state index is 0.323. The maximum Gasteiger partial charge on any atom is 0.153 e.